The Bertz CT molecular complexity index is 1040. The standard InChI is InChI=1S/C15H15ClFN5O2/c1-20-13-12(14(23)21(2)15(20)24)22(8-19-13)6-5-18-11-4-3-9(16)7-10(11)17/h3-4,7-8,18H,5-6H2,1-2H3. The average Bonchev–Trinajstić information content (AvgIpc) is 2.97. The first-order valence-corrected chi connectivity index (χ1v) is 7.57. The highest BCUT2D eigenvalue weighted by Gasteiger charge is 2.14. The number of aryl methyl sites for hydroxylation is 1. The molecule has 2 aromatic heterocycles. The Morgan fingerprint density at radius 2 is 2.00 bits per heavy atom. The maximum absolute atomic E-state index is 13.7. The van der Waals surface area contributed by atoms with E-state index in [0.717, 1.165) is 4.57 Å². The van der Waals surface area contributed by atoms with E-state index in [4.69, 9.17) is 11.6 Å². The predicted octanol–water partition coefficient (Wildman–Crippen LogP) is 1.34. The molecule has 0 bridgehead atoms. The Morgan fingerprint density at radius 1 is 1.25 bits per heavy atom. The molecule has 0 unspecified atom stereocenters. The van der Waals surface area contributed by atoms with Crippen molar-refractivity contribution in [2.45, 2.75) is 6.54 Å². The molecular weight excluding hydrogens is 337 g/mol. The van der Waals surface area contributed by atoms with Crippen molar-refractivity contribution in [1.29, 1.82) is 0 Å². The third-order valence-corrected chi connectivity index (χ3v) is 4.05. The van der Waals surface area contributed by atoms with Crippen molar-refractivity contribution in [3.05, 3.63) is 56.2 Å². The van der Waals surface area contributed by atoms with E-state index < -0.39 is 17.1 Å². The normalized spacial score (nSPS) is 11.2. The third kappa shape index (κ3) is 2.69. The van der Waals surface area contributed by atoms with Crippen LogP contribution in [0.2, 0.25) is 5.02 Å². The quantitative estimate of drug-likeness (QED) is 0.769. The van der Waals surface area contributed by atoms with Crippen LogP contribution in [0.4, 0.5) is 10.1 Å². The molecule has 3 aromatic rings. The molecule has 24 heavy (non-hydrogen) atoms. The monoisotopic (exact) mass is 351 g/mol. The Morgan fingerprint density at radius 3 is 2.71 bits per heavy atom. The Hall–Kier alpha value is -2.61. The second-order valence-corrected chi connectivity index (χ2v) is 5.80. The summed E-state index contributed by atoms with van der Waals surface area (Å²) in [5.41, 5.74) is 0.130. The molecule has 0 fully saturated rings. The molecule has 0 atom stereocenters. The lowest BCUT2D eigenvalue weighted by molar-refractivity contribution is 0.628. The third-order valence-electron chi connectivity index (χ3n) is 3.82. The van der Waals surface area contributed by atoms with Crippen molar-refractivity contribution in [3.8, 4) is 0 Å². The van der Waals surface area contributed by atoms with E-state index in [-0.39, 0.29) is 0 Å². The van der Waals surface area contributed by atoms with Gasteiger partial charge >= 0.3 is 5.69 Å². The first kappa shape index (κ1) is 16.3. The van der Waals surface area contributed by atoms with E-state index >= 15 is 0 Å². The van der Waals surface area contributed by atoms with Gasteiger partial charge in [0, 0.05) is 32.2 Å². The van der Waals surface area contributed by atoms with Gasteiger partial charge in [0.25, 0.3) is 5.56 Å². The SMILES string of the molecule is Cn1c(=O)c2c(ncn2CCNc2ccc(Cl)cc2F)n(C)c1=O. The van der Waals surface area contributed by atoms with Crippen LogP contribution < -0.4 is 16.6 Å². The van der Waals surface area contributed by atoms with E-state index in [1.54, 1.807) is 23.7 Å². The van der Waals surface area contributed by atoms with Crippen LogP contribution in [0.3, 0.4) is 0 Å². The van der Waals surface area contributed by atoms with E-state index in [1.165, 1.54) is 24.0 Å². The molecule has 0 saturated carbocycles. The summed E-state index contributed by atoms with van der Waals surface area (Å²) in [6.07, 6.45) is 1.49. The van der Waals surface area contributed by atoms with Gasteiger partial charge in [0.15, 0.2) is 11.2 Å². The summed E-state index contributed by atoms with van der Waals surface area (Å²) in [7, 11) is 2.98. The van der Waals surface area contributed by atoms with Gasteiger partial charge in [-0.2, -0.15) is 0 Å². The molecule has 1 aromatic carbocycles. The lowest BCUT2D eigenvalue weighted by Gasteiger charge is -2.09. The van der Waals surface area contributed by atoms with Crippen molar-refractivity contribution in [1.82, 2.24) is 18.7 Å². The summed E-state index contributed by atoms with van der Waals surface area (Å²) in [6, 6.07) is 4.36. The van der Waals surface area contributed by atoms with E-state index in [2.05, 4.69) is 10.3 Å². The summed E-state index contributed by atoms with van der Waals surface area (Å²) in [4.78, 5) is 28.3. The minimum Gasteiger partial charge on any atom is -0.381 e. The van der Waals surface area contributed by atoms with Crippen molar-refractivity contribution >= 4 is 28.5 Å². The minimum absolute atomic E-state index is 0.320. The molecule has 0 aliphatic heterocycles. The minimum atomic E-state index is -0.448. The van der Waals surface area contributed by atoms with Crippen LogP contribution in [0, 0.1) is 5.82 Å². The highest BCUT2D eigenvalue weighted by molar-refractivity contribution is 6.30. The molecule has 0 aliphatic rings. The second-order valence-electron chi connectivity index (χ2n) is 5.37. The van der Waals surface area contributed by atoms with Crippen molar-refractivity contribution in [2.75, 3.05) is 11.9 Å². The lowest BCUT2D eigenvalue weighted by atomic mass is 10.3. The number of nitrogens with zero attached hydrogens (tertiary/aromatic N) is 4. The highest BCUT2D eigenvalue weighted by Crippen LogP contribution is 2.18. The average molecular weight is 352 g/mol. The molecule has 2 heterocycles. The van der Waals surface area contributed by atoms with Gasteiger partial charge in [-0.3, -0.25) is 13.9 Å². The number of aromatic nitrogens is 4. The lowest BCUT2D eigenvalue weighted by Crippen LogP contribution is -2.37. The smallest absolute Gasteiger partial charge is 0.332 e. The molecule has 1 N–H and O–H groups in total. The van der Waals surface area contributed by atoms with Crippen molar-refractivity contribution in [3.63, 3.8) is 0 Å². The number of benzene rings is 1. The van der Waals surface area contributed by atoms with Gasteiger partial charge in [-0.05, 0) is 18.2 Å². The van der Waals surface area contributed by atoms with Crippen LogP contribution >= 0.6 is 11.6 Å². The fourth-order valence-electron chi connectivity index (χ4n) is 2.51. The maximum atomic E-state index is 13.7. The van der Waals surface area contributed by atoms with E-state index in [0.29, 0.717) is 35.0 Å². The number of nitrogens with one attached hydrogen (secondary N) is 1. The molecule has 3 rings (SSSR count). The Balaban J connectivity index is 1.86. The van der Waals surface area contributed by atoms with Crippen LogP contribution in [-0.4, -0.2) is 25.2 Å². The van der Waals surface area contributed by atoms with Crippen LogP contribution in [0.15, 0.2) is 34.1 Å². The molecule has 7 nitrogen and oxygen atoms in total. The van der Waals surface area contributed by atoms with Gasteiger partial charge in [-0.15, -0.1) is 0 Å². The molecule has 0 aliphatic carbocycles. The van der Waals surface area contributed by atoms with Gasteiger partial charge < -0.3 is 9.88 Å². The zero-order valence-electron chi connectivity index (χ0n) is 13.1. The van der Waals surface area contributed by atoms with Crippen LogP contribution in [0.25, 0.3) is 11.2 Å². The Labute approximate surface area is 140 Å². The summed E-state index contributed by atoms with van der Waals surface area (Å²) < 4.78 is 17.7. The highest BCUT2D eigenvalue weighted by atomic mass is 35.5. The largest absolute Gasteiger partial charge is 0.381 e. The van der Waals surface area contributed by atoms with Crippen LogP contribution in [0.5, 0.6) is 0 Å². The van der Waals surface area contributed by atoms with Crippen molar-refractivity contribution < 1.29 is 4.39 Å². The maximum Gasteiger partial charge on any atom is 0.332 e. The summed E-state index contributed by atoms with van der Waals surface area (Å²) >= 11 is 5.71. The second kappa shape index (κ2) is 6.12. The number of rotatable bonds is 4. The predicted molar refractivity (Wildman–Crippen MR) is 90.1 cm³/mol. The number of fused-ring (bicyclic) bond motifs is 1. The van der Waals surface area contributed by atoms with Gasteiger partial charge in [0.1, 0.15) is 5.82 Å². The molecule has 0 radical (unpaired) electrons. The first-order chi connectivity index (χ1) is 11.4. The van der Waals surface area contributed by atoms with Gasteiger partial charge in [-0.1, -0.05) is 11.6 Å². The summed E-state index contributed by atoms with van der Waals surface area (Å²) in [6.45, 7) is 0.752. The van der Waals surface area contributed by atoms with Crippen molar-refractivity contribution in [2.24, 2.45) is 14.1 Å². The van der Waals surface area contributed by atoms with Gasteiger partial charge in [-0.25, -0.2) is 14.2 Å². The fourth-order valence-corrected chi connectivity index (χ4v) is 2.67. The number of hydrogen-bond acceptors (Lipinski definition) is 4. The number of anilines is 1. The molecule has 0 amide bonds. The summed E-state index contributed by atoms with van der Waals surface area (Å²) in [5.74, 6) is -0.448. The van der Waals surface area contributed by atoms with Gasteiger partial charge in [0.05, 0.1) is 12.0 Å². The molecule has 9 heteroatoms. The number of imidazole rings is 1. The van der Waals surface area contributed by atoms with Crippen LogP contribution in [-0.2, 0) is 20.6 Å². The Kier molecular flexibility index (Phi) is 4.15. The fraction of sp³-hybridized carbons (Fsp3) is 0.267. The zero-order valence-corrected chi connectivity index (χ0v) is 13.8. The van der Waals surface area contributed by atoms with Gasteiger partial charge in [0.2, 0.25) is 0 Å². The molecule has 126 valence electrons. The number of halogens is 2. The molecule has 0 saturated heterocycles. The zero-order chi connectivity index (χ0) is 17.4. The number of hydrogen-bond donors (Lipinski definition) is 1. The molecule has 0 spiro atoms. The first-order valence-electron chi connectivity index (χ1n) is 7.20. The van der Waals surface area contributed by atoms with Crippen LogP contribution in [0.1, 0.15) is 0 Å². The van der Waals surface area contributed by atoms with E-state index in [9.17, 15) is 14.0 Å². The van der Waals surface area contributed by atoms with E-state index in [1.807, 2.05) is 0 Å². The summed E-state index contributed by atoms with van der Waals surface area (Å²) in [5, 5.41) is 3.27. The molecular formula is C15H15ClFN5O2. The topological polar surface area (TPSA) is 73.8 Å².